The fourth-order valence-corrected chi connectivity index (χ4v) is 1.62. The Bertz CT molecular complexity index is 390. The topological polar surface area (TPSA) is 61.5 Å². The number of Topliss-reactive ketones (excluding diaryl/α,β-unsaturated/α-hetero) is 1. The third-order valence-electron chi connectivity index (χ3n) is 2.67. The first-order valence-corrected chi connectivity index (χ1v) is 5.53. The second-order valence-corrected chi connectivity index (χ2v) is 3.93. The van der Waals surface area contributed by atoms with E-state index in [1.807, 2.05) is 13.0 Å². The second-order valence-electron chi connectivity index (χ2n) is 3.93. The van der Waals surface area contributed by atoms with Crippen molar-refractivity contribution >= 4 is 5.78 Å². The molecule has 4 heteroatoms. The van der Waals surface area contributed by atoms with Crippen molar-refractivity contribution in [3.05, 3.63) is 29.3 Å². The minimum atomic E-state index is -0.512. The van der Waals surface area contributed by atoms with E-state index in [0.717, 1.165) is 11.3 Å². The van der Waals surface area contributed by atoms with Gasteiger partial charge < -0.3 is 15.2 Å². The number of nitrogens with two attached hydrogens (primary N) is 1. The van der Waals surface area contributed by atoms with E-state index in [2.05, 4.69) is 0 Å². The maximum Gasteiger partial charge on any atom is 0.179 e. The molecule has 0 saturated carbocycles. The number of ketones is 1. The van der Waals surface area contributed by atoms with Gasteiger partial charge in [-0.25, -0.2) is 0 Å². The van der Waals surface area contributed by atoms with Crippen molar-refractivity contribution < 1.29 is 14.3 Å². The Balaban J connectivity index is 2.81. The molecule has 0 aliphatic heterocycles. The highest BCUT2D eigenvalue weighted by atomic mass is 16.5. The minimum Gasteiger partial charge on any atom is -0.497 e. The Morgan fingerprint density at radius 3 is 2.65 bits per heavy atom. The molecule has 0 aliphatic rings. The fraction of sp³-hybridized carbons (Fsp3) is 0.462. The second kappa shape index (κ2) is 6.37. The van der Waals surface area contributed by atoms with E-state index in [9.17, 15) is 4.79 Å². The normalized spacial score (nSPS) is 12.2. The zero-order valence-electron chi connectivity index (χ0n) is 10.5. The Morgan fingerprint density at radius 2 is 2.12 bits per heavy atom. The minimum absolute atomic E-state index is 0.0535. The van der Waals surface area contributed by atoms with Gasteiger partial charge in [-0.15, -0.1) is 0 Å². The number of hydrogen-bond donors (Lipinski definition) is 1. The number of ether oxygens (including phenoxy) is 2. The van der Waals surface area contributed by atoms with Gasteiger partial charge in [0, 0.05) is 19.3 Å². The van der Waals surface area contributed by atoms with Gasteiger partial charge >= 0.3 is 0 Å². The zero-order valence-corrected chi connectivity index (χ0v) is 10.5. The average molecular weight is 237 g/mol. The predicted octanol–water partition coefficient (Wildman–Crippen LogP) is 1.55. The molecular formula is C13H19NO3. The van der Waals surface area contributed by atoms with Crippen molar-refractivity contribution in [3.8, 4) is 5.75 Å². The van der Waals surface area contributed by atoms with E-state index in [1.54, 1.807) is 26.4 Å². The van der Waals surface area contributed by atoms with Crippen LogP contribution in [0.3, 0.4) is 0 Å². The first-order valence-electron chi connectivity index (χ1n) is 5.53. The smallest absolute Gasteiger partial charge is 0.179 e. The van der Waals surface area contributed by atoms with E-state index in [0.29, 0.717) is 18.6 Å². The number of rotatable bonds is 6. The van der Waals surface area contributed by atoms with E-state index in [-0.39, 0.29) is 5.78 Å². The molecule has 0 saturated heterocycles. The highest BCUT2D eigenvalue weighted by molar-refractivity contribution is 6.01. The van der Waals surface area contributed by atoms with Crippen LogP contribution in [0, 0.1) is 6.92 Å². The first-order chi connectivity index (χ1) is 8.10. The summed E-state index contributed by atoms with van der Waals surface area (Å²) < 4.78 is 10.0. The number of aryl methyl sites for hydroxylation is 1. The van der Waals surface area contributed by atoms with Gasteiger partial charge in [-0.1, -0.05) is 0 Å². The van der Waals surface area contributed by atoms with Gasteiger partial charge in [0.1, 0.15) is 5.75 Å². The first kappa shape index (κ1) is 13.7. The molecule has 1 atom stereocenters. The standard InChI is InChI=1S/C13H19NO3/c1-9-8-10(17-3)4-5-11(9)13(15)12(14)6-7-16-2/h4-5,8,12H,6-7,14H2,1-3H3. The SMILES string of the molecule is COCCC(N)C(=O)c1ccc(OC)cc1C. The van der Waals surface area contributed by atoms with Crippen molar-refractivity contribution in [2.24, 2.45) is 5.73 Å². The predicted molar refractivity (Wildman–Crippen MR) is 66.5 cm³/mol. The molecule has 0 aliphatic carbocycles. The summed E-state index contributed by atoms with van der Waals surface area (Å²) in [6.45, 7) is 2.36. The number of carbonyl (C=O) groups is 1. The average Bonchev–Trinajstić information content (AvgIpc) is 2.34. The van der Waals surface area contributed by atoms with E-state index in [1.165, 1.54) is 0 Å². The van der Waals surface area contributed by atoms with Gasteiger partial charge in [-0.3, -0.25) is 4.79 Å². The van der Waals surface area contributed by atoms with Crippen molar-refractivity contribution in [2.75, 3.05) is 20.8 Å². The molecule has 0 bridgehead atoms. The van der Waals surface area contributed by atoms with Crippen LogP contribution >= 0.6 is 0 Å². The molecule has 1 aromatic rings. The van der Waals surface area contributed by atoms with Gasteiger partial charge in [0.05, 0.1) is 13.2 Å². The van der Waals surface area contributed by atoms with Crippen LogP contribution < -0.4 is 10.5 Å². The van der Waals surface area contributed by atoms with Crippen LogP contribution in [-0.2, 0) is 4.74 Å². The van der Waals surface area contributed by atoms with Gasteiger partial charge in [0.25, 0.3) is 0 Å². The molecule has 94 valence electrons. The Hall–Kier alpha value is -1.39. The zero-order chi connectivity index (χ0) is 12.8. The highest BCUT2D eigenvalue weighted by Crippen LogP contribution is 2.18. The summed E-state index contributed by atoms with van der Waals surface area (Å²) in [7, 11) is 3.19. The van der Waals surface area contributed by atoms with Crippen LogP contribution in [0.4, 0.5) is 0 Å². The number of methoxy groups -OCH3 is 2. The van der Waals surface area contributed by atoms with Crippen LogP contribution in [0.5, 0.6) is 5.75 Å². The highest BCUT2D eigenvalue weighted by Gasteiger charge is 2.17. The summed E-state index contributed by atoms with van der Waals surface area (Å²) in [5.74, 6) is 0.687. The van der Waals surface area contributed by atoms with Crippen LogP contribution in [0.15, 0.2) is 18.2 Å². The summed E-state index contributed by atoms with van der Waals surface area (Å²) >= 11 is 0. The summed E-state index contributed by atoms with van der Waals surface area (Å²) in [5, 5.41) is 0. The van der Waals surface area contributed by atoms with Gasteiger partial charge in [-0.05, 0) is 37.1 Å². The maximum atomic E-state index is 12.0. The molecule has 2 N–H and O–H groups in total. The molecule has 0 aromatic heterocycles. The van der Waals surface area contributed by atoms with Gasteiger partial charge in [0.2, 0.25) is 0 Å². The summed E-state index contributed by atoms with van der Waals surface area (Å²) in [6.07, 6.45) is 0.529. The summed E-state index contributed by atoms with van der Waals surface area (Å²) in [5.41, 5.74) is 7.34. The van der Waals surface area contributed by atoms with Crippen molar-refractivity contribution in [1.29, 1.82) is 0 Å². The molecule has 4 nitrogen and oxygen atoms in total. The Labute approximate surface area is 102 Å². The molecule has 0 spiro atoms. The monoisotopic (exact) mass is 237 g/mol. The lowest BCUT2D eigenvalue weighted by Gasteiger charge is -2.12. The molecule has 17 heavy (non-hydrogen) atoms. The Kier molecular flexibility index (Phi) is 5.12. The molecule has 0 amide bonds. The maximum absolute atomic E-state index is 12.0. The third-order valence-corrected chi connectivity index (χ3v) is 2.67. The van der Waals surface area contributed by atoms with Crippen LogP contribution in [-0.4, -0.2) is 32.7 Å². The lowest BCUT2D eigenvalue weighted by molar-refractivity contribution is 0.0935. The van der Waals surface area contributed by atoms with Crippen molar-refractivity contribution in [1.82, 2.24) is 0 Å². The molecule has 1 aromatic carbocycles. The van der Waals surface area contributed by atoms with Crippen molar-refractivity contribution in [3.63, 3.8) is 0 Å². The van der Waals surface area contributed by atoms with Crippen molar-refractivity contribution in [2.45, 2.75) is 19.4 Å². The molecule has 1 unspecified atom stereocenters. The van der Waals surface area contributed by atoms with Gasteiger partial charge in [0.15, 0.2) is 5.78 Å². The molecular weight excluding hydrogens is 218 g/mol. The quantitative estimate of drug-likeness (QED) is 0.762. The Morgan fingerprint density at radius 1 is 1.41 bits per heavy atom. The van der Waals surface area contributed by atoms with Gasteiger partial charge in [-0.2, -0.15) is 0 Å². The lowest BCUT2D eigenvalue weighted by Crippen LogP contribution is -2.32. The van der Waals surface area contributed by atoms with E-state index < -0.39 is 6.04 Å². The summed E-state index contributed by atoms with van der Waals surface area (Å²) in [6, 6.07) is 4.84. The number of carbonyl (C=O) groups excluding carboxylic acids is 1. The largest absolute Gasteiger partial charge is 0.497 e. The fourth-order valence-electron chi connectivity index (χ4n) is 1.62. The number of benzene rings is 1. The van der Waals surface area contributed by atoms with Crippen LogP contribution in [0.25, 0.3) is 0 Å². The summed E-state index contributed by atoms with van der Waals surface area (Å²) in [4.78, 5) is 12.0. The third kappa shape index (κ3) is 3.54. The van der Waals surface area contributed by atoms with E-state index in [4.69, 9.17) is 15.2 Å². The lowest BCUT2D eigenvalue weighted by atomic mass is 9.98. The molecule has 0 fully saturated rings. The molecule has 0 radical (unpaired) electrons. The molecule has 0 heterocycles. The van der Waals surface area contributed by atoms with E-state index >= 15 is 0 Å². The molecule has 1 rings (SSSR count). The van der Waals surface area contributed by atoms with Crippen LogP contribution in [0.2, 0.25) is 0 Å². The van der Waals surface area contributed by atoms with Crippen LogP contribution in [0.1, 0.15) is 22.3 Å². The number of hydrogen-bond acceptors (Lipinski definition) is 4.